The van der Waals surface area contributed by atoms with Gasteiger partial charge < -0.3 is 0 Å². The van der Waals surface area contributed by atoms with Gasteiger partial charge in [-0.2, -0.15) is 0 Å². The van der Waals surface area contributed by atoms with Crippen LogP contribution in [0.1, 0.15) is 18.4 Å². The van der Waals surface area contributed by atoms with Crippen molar-refractivity contribution in [2.75, 3.05) is 6.61 Å². The van der Waals surface area contributed by atoms with Crippen LogP contribution in [-0.2, 0) is 21.6 Å². The zero-order valence-corrected chi connectivity index (χ0v) is 9.16. The maximum Gasteiger partial charge on any atom is 0.238 e. The SMILES string of the molecule is NS(=O)(=O)c1ccccc1CCCC[O]. The summed E-state index contributed by atoms with van der Waals surface area (Å²) in [5.74, 6) is 0. The molecule has 0 fully saturated rings. The first kappa shape index (κ1) is 12.2. The number of hydrogen-bond acceptors (Lipinski definition) is 2. The van der Waals surface area contributed by atoms with E-state index in [9.17, 15) is 13.5 Å². The first-order valence-corrected chi connectivity index (χ1v) is 6.29. The van der Waals surface area contributed by atoms with Gasteiger partial charge in [-0.15, -0.1) is 0 Å². The molecule has 0 aliphatic carbocycles. The Morgan fingerprint density at radius 1 is 1.13 bits per heavy atom. The highest BCUT2D eigenvalue weighted by Crippen LogP contribution is 2.15. The minimum Gasteiger partial charge on any atom is -0.237 e. The lowest BCUT2D eigenvalue weighted by Crippen LogP contribution is -2.14. The summed E-state index contributed by atoms with van der Waals surface area (Å²) in [4.78, 5) is 0.163. The number of rotatable bonds is 5. The quantitative estimate of drug-likeness (QED) is 0.765. The first-order valence-electron chi connectivity index (χ1n) is 4.74. The maximum absolute atomic E-state index is 11.2. The van der Waals surface area contributed by atoms with Crippen molar-refractivity contribution in [1.82, 2.24) is 0 Å². The molecule has 0 bridgehead atoms. The molecule has 2 N–H and O–H groups in total. The van der Waals surface area contributed by atoms with E-state index in [1.807, 2.05) is 0 Å². The van der Waals surface area contributed by atoms with E-state index in [4.69, 9.17) is 5.14 Å². The number of aryl methyl sites for hydroxylation is 1. The third-order valence-corrected chi connectivity index (χ3v) is 3.13. The highest BCUT2D eigenvalue weighted by atomic mass is 32.2. The summed E-state index contributed by atoms with van der Waals surface area (Å²) >= 11 is 0. The summed E-state index contributed by atoms with van der Waals surface area (Å²) in [5, 5.41) is 15.3. The summed E-state index contributed by atoms with van der Waals surface area (Å²) in [5.41, 5.74) is 0.688. The van der Waals surface area contributed by atoms with Crippen molar-refractivity contribution in [1.29, 1.82) is 0 Å². The third kappa shape index (κ3) is 3.62. The van der Waals surface area contributed by atoms with Gasteiger partial charge in [0, 0.05) is 0 Å². The van der Waals surface area contributed by atoms with E-state index >= 15 is 0 Å². The smallest absolute Gasteiger partial charge is 0.237 e. The molecule has 0 aliphatic rings. The molecule has 0 unspecified atom stereocenters. The summed E-state index contributed by atoms with van der Waals surface area (Å²) in [6.07, 6.45) is 1.82. The molecule has 1 aromatic rings. The zero-order valence-electron chi connectivity index (χ0n) is 8.35. The minimum atomic E-state index is -3.65. The van der Waals surface area contributed by atoms with Gasteiger partial charge in [-0.05, 0) is 30.9 Å². The standard InChI is InChI=1S/C10H14NO3S/c11-15(13,14)10-7-2-1-5-9(10)6-3-4-8-12/h1-2,5,7H,3-4,6,8H2,(H2,11,13,14). The Balaban J connectivity index is 2.88. The van der Waals surface area contributed by atoms with Crippen molar-refractivity contribution in [3.8, 4) is 0 Å². The van der Waals surface area contributed by atoms with Crippen LogP contribution >= 0.6 is 0 Å². The Labute approximate surface area is 89.8 Å². The van der Waals surface area contributed by atoms with Gasteiger partial charge in [-0.25, -0.2) is 18.7 Å². The Morgan fingerprint density at radius 3 is 2.40 bits per heavy atom. The van der Waals surface area contributed by atoms with E-state index in [0.717, 1.165) is 0 Å². The molecule has 5 heteroatoms. The molecular formula is C10H14NO3S. The van der Waals surface area contributed by atoms with Gasteiger partial charge in [0.1, 0.15) is 0 Å². The molecule has 0 heterocycles. The fourth-order valence-electron chi connectivity index (χ4n) is 1.41. The Kier molecular flexibility index (Phi) is 4.26. The third-order valence-electron chi connectivity index (χ3n) is 2.12. The Bertz CT molecular complexity index is 414. The van der Waals surface area contributed by atoms with E-state index in [0.29, 0.717) is 24.8 Å². The maximum atomic E-state index is 11.2. The van der Waals surface area contributed by atoms with Crippen LogP contribution in [0.15, 0.2) is 29.2 Å². The molecule has 0 saturated carbocycles. The van der Waals surface area contributed by atoms with Crippen LogP contribution in [0.4, 0.5) is 0 Å². The molecule has 4 nitrogen and oxygen atoms in total. The van der Waals surface area contributed by atoms with Crippen LogP contribution < -0.4 is 5.14 Å². The van der Waals surface area contributed by atoms with Crippen molar-refractivity contribution in [3.63, 3.8) is 0 Å². The summed E-state index contributed by atoms with van der Waals surface area (Å²) in [6.45, 7) is -0.127. The van der Waals surface area contributed by atoms with E-state index in [1.54, 1.807) is 18.2 Å². The lowest BCUT2D eigenvalue weighted by molar-refractivity contribution is 0.187. The first-order chi connectivity index (χ1) is 7.05. The molecule has 0 amide bonds. The predicted octanol–water partition coefficient (Wildman–Crippen LogP) is 1.09. The number of sulfonamides is 1. The lowest BCUT2D eigenvalue weighted by atomic mass is 10.1. The van der Waals surface area contributed by atoms with Crippen molar-refractivity contribution in [3.05, 3.63) is 29.8 Å². The second kappa shape index (κ2) is 5.25. The molecule has 15 heavy (non-hydrogen) atoms. The normalized spacial score (nSPS) is 11.6. The molecule has 1 radical (unpaired) electrons. The topological polar surface area (TPSA) is 80.1 Å². The molecule has 0 aliphatic heterocycles. The number of primary sulfonamides is 1. The molecule has 83 valence electrons. The average molecular weight is 228 g/mol. The van der Waals surface area contributed by atoms with Crippen molar-refractivity contribution in [2.45, 2.75) is 24.2 Å². The van der Waals surface area contributed by atoms with Gasteiger partial charge in [-0.1, -0.05) is 18.2 Å². The molecule has 1 aromatic carbocycles. The van der Waals surface area contributed by atoms with E-state index in [-0.39, 0.29) is 11.5 Å². The molecular weight excluding hydrogens is 214 g/mol. The highest BCUT2D eigenvalue weighted by molar-refractivity contribution is 7.89. The molecule has 1 rings (SSSR count). The monoisotopic (exact) mass is 228 g/mol. The van der Waals surface area contributed by atoms with Crippen molar-refractivity contribution >= 4 is 10.0 Å². The van der Waals surface area contributed by atoms with Gasteiger partial charge >= 0.3 is 0 Å². The van der Waals surface area contributed by atoms with Gasteiger partial charge in [0.15, 0.2) is 0 Å². The summed E-state index contributed by atoms with van der Waals surface area (Å²) < 4.78 is 22.4. The van der Waals surface area contributed by atoms with E-state index < -0.39 is 10.0 Å². The van der Waals surface area contributed by atoms with Crippen LogP contribution in [0, 0.1) is 0 Å². The lowest BCUT2D eigenvalue weighted by Gasteiger charge is -2.06. The Hall–Kier alpha value is -0.910. The van der Waals surface area contributed by atoms with Crippen molar-refractivity contribution in [2.24, 2.45) is 5.14 Å². The van der Waals surface area contributed by atoms with Gasteiger partial charge in [-0.3, -0.25) is 0 Å². The van der Waals surface area contributed by atoms with Gasteiger partial charge in [0.25, 0.3) is 0 Å². The fourth-order valence-corrected chi connectivity index (χ4v) is 2.21. The molecule has 0 saturated heterocycles. The van der Waals surface area contributed by atoms with Crippen LogP contribution in [-0.4, -0.2) is 15.0 Å². The molecule has 0 atom stereocenters. The average Bonchev–Trinajstić information content (AvgIpc) is 2.17. The fraction of sp³-hybridized carbons (Fsp3) is 0.400. The summed E-state index contributed by atoms with van der Waals surface area (Å²) in [6, 6.07) is 6.62. The highest BCUT2D eigenvalue weighted by Gasteiger charge is 2.12. The van der Waals surface area contributed by atoms with Crippen molar-refractivity contribution < 1.29 is 13.5 Å². The van der Waals surface area contributed by atoms with Crippen LogP contribution in [0.3, 0.4) is 0 Å². The zero-order chi connectivity index (χ0) is 11.3. The number of unbranched alkanes of at least 4 members (excludes halogenated alkanes) is 1. The second-order valence-corrected chi connectivity index (χ2v) is 4.84. The number of benzene rings is 1. The van der Waals surface area contributed by atoms with E-state index in [2.05, 4.69) is 0 Å². The minimum absolute atomic E-state index is 0.127. The molecule has 0 spiro atoms. The van der Waals surface area contributed by atoms with Gasteiger partial charge in [0.05, 0.1) is 11.5 Å². The predicted molar refractivity (Wildman–Crippen MR) is 56.3 cm³/mol. The van der Waals surface area contributed by atoms with E-state index in [1.165, 1.54) is 6.07 Å². The van der Waals surface area contributed by atoms with Crippen LogP contribution in [0.2, 0.25) is 0 Å². The van der Waals surface area contributed by atoms with Crippen LogP contribution in [0.5, 0.6) is 0 Å². The Morgan fingerprint density at radius 2 is 1.80 bits per heavy atom. The second-order valence-electron chi connectivity index (χ2n) is 3.31. The largest absolute Gasteiger partial charge is 0.238 e. The number of hydrogen-bond donors (Lipinski definition) is 1. The van der Waals surface area contributed by atoms with Gasteiger partial charge in [0.2, 0.25) is 10.0 Å². The van der Waals surface area contributed by atoms with Crippen LogP contribution in [0.25, 0.3) is 0 Å². The number of nitrogens with two attached hydrogens (primary N) is 1. The summed E-state index contributed by atoms with van der Waals surface area (Å²) in [7, 11) is -3.65. The molecule has 0 aromatic heterocycles.